The van der Waals surface area contributed by atoms with Gasteiger partial charge in [-0.2, -0.15) is 0 Å². The molecule has 7 nitrogen and oxygen atoms in total. The van der Waals surface area contributed by atoms with Crippen molar-refractivity contribution in [3.63, 3.8) is 0 Å². The van der Waals surface area contributed by atoms with Crippen LogP contribution in [0.1, 0.15) is 6.42 Å². The van der Waals surface area contributed by atoms with Crippen molar-refractivity contribution in [2.45, 2.75) is 6.42 Å². The van der Waals surface area contributed by atoms with Crippen LogP contribution < -0.4 is 10.6 Å². The Morgan fingerprint density at radius 2 is 2.00 bits per heavy atom. The minimum Gasteiger partial charge on any atom is -0.382 e. The number of ether oxygens (including phenoxy) is 2. The number of rotatable bonds is 10. The average molecular weight is 283 g/mol. The zero-order valence-corrected chi connectivity index (χ0v) is 11.8. The van der Waals surface area contributed by atoms with Gasteiger partial charge in [-0.15, -0.1) is 0 Å². The van der Waals surface area contributed by atoms with Gasteiger partial charge in [0.25, 0.3) is 0 Å². The largest absolute Gasteiger partial charge is 0.382 e. The molecule has 0 heterocycles. The molecule has 0 saturated heterocycles. The van der Waals surface area contributed by atoms with Crippen molar-refractivity contribution in [2.24, 2.45) is 0 Å². The summed E-state index contributed by atoms with van der Waals surface area (Å²) in [4.78, 5) is 10.7. The van der Waals surface area contributed by atoms with E-state index in [1.807, 2.05) is 0 Å². The maximum Gasteiger partial charge on any atom is 0.315 e. The second-order valence-corrected chi connectivity index (χ2v) is 4.09. The first-order valence-electron chi connectivity index (χ1n) is 6.46. The predicted octanol–water partition coefficient (Wildman–Crippen LogP) is 2.10. The summed E-state index contributed by atoms with van der Waals surface area (Å²) in [6.07, 6.45) is 0.769. The SMILES string of the molecule is CNc1cccc(NCCCOCCOC)c1[N+](=O)[O-]. The molecule has 1 aromatic rings. The van der Waals surface area contributed by atoms with Gasteiger partial charge >= 0.3 is 5.69 Å². The molecule has 7 heteroatoms. The van der Waals surface area contributed by atoms with Crippen LogP contribution in [0.5, 0.6) is 0 Å². The lowest BCUT2D eigenvalue weighted by Gasteiger charge is -2.10. The minimum absolute atomic E-state index is 0.0651. The van der Waals surface area contributed by atoms with Crippen LogP contribution in [-0.4, -0.2) is 45.4 Å². The Labute approximate surface area is 118 Å². The fourth-order valence-corrected chi connectivity index (χ4v) is 1.73. The van der Waals surface area contributed by atoms with Gasteiger partial charge < -0.3 is 20.1 Å². The van der Waals surface area contributed by atoms with Crippen molar-refractivity contribution in [3.05, 3.63) is 28.3 Å². The lowest BCUT2D eigenvalue weighted by atomic mass is 10.2. The van der Waals surface area contributed by atoms with Gasteiger partial charge in [-0.3, -0.25) is 10.1 Å². The van der Waals surface area contributed by atoms with Crippen molar-refractivity contribution in [1.29, 1.82) is 0 Å². The summed E-state index contributed by atoms with van der Waals surface area (Å²) >= 11 is 0. The van der Waals surface area contributed by atoms with Gasteiger partial charge in [0.05, 0.1) is 18.1 Å². The standard InChI is InChI=1S/C13H21N3O4/c1-14-11-5-3-6-12(13(11)16(17)18)15-7-4-8-20-10-9-19-2/h3,5-6,14-15H,4,7-10H2,1-2H3. The number of nitrogens with zero attached hydrogens (tertiary/aromatic N) is 1. The minimum atomic E-state index is -0.386. The first-order chi connectivity index (χ1) is 9.70. The summed E-state index contributed by atoms with van der Waals surface area (Å²) in [5.74, 6) is 0. The molecule has 0 amide bonds. The van der Waals surface area contributed by atoms with E-state index in [1.165, 1.54) is 0 Å². The number of nitro groups is 1. The molecule has 0 aromatic heterocycles. The number of methoxy groups -OCH3 is 1. The van der Waals surface area contributed by atoms with Gasteiger partial charge in [-0.25, -0.2) is 0 Å². The molecule has 20 heavy (non-hydrogen) atoms. The van der Waals surface area contributed by atoms with E-state index in [9.17, 15) is 10.1 Å². The van der Waals surface area contributed by atoms with E-state index in [0.717, 1.165) is 6.42 Å². The third-order valence-corrected chi connectivity index (χ3v) is 2.70. The van der Waals surface area contributed by atoms with E-state index >= 15 is 0 Å². The van der Waals surface area contributed by atoms with Gasteiger partial charge in [0.2, 0.25) is 0 Å². The zero-order valence-electron chi connectivity index (χ0n) is 11.8. The Balaban J connectivity index is 2.45. The Morgan fingerprint density at radius 3 is 2.65 bits per heavy atom. The highest BCUT2D eigenvalue weighted by atomic mass is 16.6. The molecule has 0 atom stereocenters. The van der Waals surface area contributed by atoms with Crippen LogP contribution in [0.15, 0.2) is 18.2 Å². The highest BCUT2D eigenvalue weighted by molar-refractivity contribution is 5.75. The summed E-state index contributed by atoms with van der Waals surface area (Å²) in [6.45, 7) is 2.34. The smallest absolute Gasteiger partial charge is 0.315 e. The molecule has 0 saturated carbocycles. The molecule has 0 fully saturated rings. The fourth-order valence-electron chi connectivity index (χ4n) is 1.73. The highest BCUT2D eigenvalue weighted by Gasteiger charge is 2.18. The first kappa shape index (κ1) is 16.2. The molecule has 0 aliphatic rings. The number of nitro benzene ring substituents is 1. The molecule has 112 valence electrons. The number of para-hydroxylation sites is 1. The third-order valence-electron chi connectivity index (χ3n) is 2.70. The molecule has 0 aliphatic carbocycles. The molecule has 1 rings (SSSR count). The first-order valence-corrected chi connectivity index (χ1v) is 6.46. The van der Waals surface area contributed by atoms with E-state index in [1.54, 1.807) is 32.4 Å². The van der Waals surface area contributed by atoms with E-state index < -0.39 is 0 Å². The molecule has 0 radical (unpaired) electrons. The van der Waals surface area contributed by atoms with Crippen LogP contribution in [0, 0.1) is 10.1 Å². The van der Waals surface area contributed by atoms with Crippen molar-refractivity contribution >= 4 is 17.1 Å². The van der Waals surface area contributed by atoms with E-state index in [2.05, 4.69) is 10.6 Å². The fraction of sp³-hybridized carbons (Fsp3) is 0.538. The molecule has 0 aliphatic heterocycles. The normalized spacial score (nSPS) is 10.3. The second kappa shape index (κ2) is 9.11. The zero-order chi connectivity index (χ0) is 14.8. The van der Waals surface area contributed by atoms with Crippen molar-refractivity contribution in [3.8, 4) is 0 Å². The lowest BCUT2D eigenvalue weighted by molar-refractivity contribution is -0.383. The monoisotopic (exact) mass is 283 g/mol. The maximum atomic E-state index is 11.1. The molecular weight excluding hydrogens is 262 g/mol. The summed E-state index contributed by atoms with van der Waals surface area (Å²) < 4.78 is 10.2. The molecule has 2 N–H and O–H groups in total. The number of hydrogen-bond donors (Lipinski definition) is 2. The Bertz CT molecular complexity index is 426. The number of anilines is 2. The van der Waals surface area contributed by atoms with Crippen LogP contribution in [-0.2, 0) is 9.47 Å². The van der Waals surface area contributed by atoms with Crippen LogP contribution in [0.3, 0.4) is 0 Å². The van der Waals surface area contributed by atoms with Crippen LogP contribution in [0.2, 0.25) is 0 Å². The van der Waals surface area contributed by atoms with Gasteiger partial charge in [0.15, 0.2) is 0 Å². The molecule has 1 aromatic carbocycles. The quantitative estimate of drug-likeness (QED) is 0.388. The third kappa shape index (κ3) is 5.02. The molecule has 0 spiro atoms. The average Bonchev–Trinajstić information content (AvgIpc) is 2.45. The predicted molar refractivity (Wildman–Crippen MR) is 78.4 cm³/mol. The van der Waals surface area contributed by atoms with Gasteiger partial charge in [0.1, 0.15) is 11.4 Å². The van der Waals surface area contributed by atoms with E-state index in [4.69, 9.17) is 9.47 Å². The molecule has 0 bridgehead atoms. The highest BCUT2D eigenvalue weighted by Crippen LogP contribution is 2.32. The lowest BCUT2D eigenvalue weighted by Crippen LogP contribution is -2.10. The van der Waals surface area contributed by atoms with Crippen LogP contribution in [0.25, 0.3) is 0 Å². The topological polar surface area (TPSA) is 85.7 Å². The summed E-state index contributed by atoms with van der Waals surface area (Å²) in [5.41, 5.74) is 1.07. The van der Waals surface area contributed by atoms with E-state index in [-0.39, 0.29) is 10.6 Å². The second-order valence-electron chi connectivity index (χ2n) is 4.09. The molecule has 0 unspecified atom stereocenters. The van der Waals surface area contributed by atoms with E-state index in [0.29, 0.717) is 37.7 Å². The summed E-state index contributed by atoms with van der Waals surface area (Å²) in [6, 6.07) is 5.15. The van der Waals surface area contributed by atoms with Crippen molar-refractivity contribution < 1.29 is 14.4 Å². The summed E-state index contributed by atoms with van der Waals surface area (Å²) in [7, 11) is 3.29. The van der Waals surface area contributed by atoms with Gasteiger partial charge in [-0.1, -0.05) is 6.07 Å². The van der Waals surface area contributed by atoms with Gasteiger partial charge in [-0.05, 0) is 18.6 Å². The number of hydrogen-bond acceptors (Lipinski definition) is 6. The Kier molecular flexibility index (Phi) is 7.38. The Hall–Kier alpha value is -1.86. The van der Waals surface area contributed by atoms with Gasteiger partial charge in [0, 0.05) is 27.3 Å². The van der Waals surface area contributed by atoms with Crippen molar-refractivity contribution in [2.75, 3.05) is 51.2 Å². The van der Waals surface area contributed by atoms with Crippen LogP contribution in [0.4, 0.5) is 17.1 Å². The maximum absolute atomic E-state index is 11.1. The number of benzene rings is 1. The Morgan fingerprint density at radius 1 is 1.25 bits per heavy atom. The molecular formula is C13H21N3O4. The van der Waals surface area contributed by atoms with Crippen molar-refractivity contribution in [1.82, 2.24) is 0 Å². The summed E-state index contributed by atoms with van der Waals surface area (Å²) in [5, 5.41) is 17.0. The van der Waals surface area contributed by atoms with Crippen LogP contribution >= 0.6 is 0 Å². The number of nitrogens with one attached hydrogen (secondary N) is 2.